The molecule has 51 heavy (non-hydrogen) atoms. The zero-order valence-electron chi connectivity index (χ0n) is 34.6. The van der Waals surface area contributed by atoms with Crippen LogP contribution < -0.4 is 4.89 Å². The number of nitrogens with zero attached hydrogens (tertiary/aromatic N) is 1. The Bertz CT molecular complexity index is 792. The van der Waals surface area contributed by atoms with Gasteiger partial charge in [0.15, 0.2) is 0 Å². The average molecular weight is 748 g/mol. The van der Waals surface area contributed by atoms with Gasteiger partial charge in [-0.25, -0.2) is 0 Å². The SMILES string of the molecule is CCCCCCCCCCCCCCCCCCO[C@H](COC(=O)CCCCCCCCCCCCCCC)COP(=O)([O-])OCC[N+](C)(C)C. The fourth-order valence-electron chi connectivity index (χ4n) is 6.23. The van der Waals surface area contributed by atoms with Crippen LogP contribution in [0.25, 0.3) is 0 Å². The number of ether oxygens (including phenoxy) is 2. The lowest BCUT2D eigenvalue weighted by Crippen LogP contribution is -2.37. The summed E-state index contributed by atoms with van der Waals surface area (Å²) in [4.78, 5) is 24.8. The molecule has 0 aromatic rings. The molecule has 1 unspecified atom stereocenters. The van der Waals surface area contributed by atoms with Gasteiger partial charge < -0.3 is 27.9 Å². The quantitative estimate of drug-likeness (QED) is 0.0266. The molecule has 0 radical (unpaired) electrons. The largest absolute Gasteiger partial charge is 0.756 e. The Morgan fingerprint density at radius 2 is 0.902 bits per heavy atom. The lowest BCUT2D eigenvalue weighted by molar-refractivity contribution is -0.870. The van der Waals surface area contributed by atoms with Gasteiger partial charge in [-0.15, -0.1) is 0 Å². The summed E-state index contributed by atoms with van der Waals surface area (Å²) >= 11 is 0. The van der Waals surface area contributed by atoms with Crippen LogP contribution in [0.1, 0.15) is 206 Å². The highest BCUT2D eigenvalue weighted by molar-refractivity contribution is 7.45. The van der Waals surface area contributed by atoms with Crippen LogP contribution in [0.2, 0.25) is 0 Å². The molecule has 0 aliphatic carbocycles. The van der Waals surface area contributed by atoms with Crippen LogP contribution >= 0.6 is 7.82 Å². The van der Waals surface area contributed by atoms with Gasteiger partial charge in [0.2, 0.25) is 0 Å². The smallest absolute Gasteiger partial charge is 0.305 e. The third kappa shape index (κ3) is 40.5. The van der Waals surface area contributed by atoms with Crippen molar-refractivity contribution in [1.29, 1.82) is 0 Å². The van der Waals surface area contributed by atoms with E-state index in [0.717, 1.165) is 32.1 Å². The first-order chi connectivity index (χ1) is 24.6. The molecule has 0 saturated heterocycles. The molecule has 0 fully saturated rings. The topological polar surface area (TPSA) is 94.1 Å². The van der Waals surface area contributed by atoms with Crippen molar-refractivity contribution in [3.05, 3.63) is 0 Å². The van der Waals surface area contributed by atoms with Crippen molar-refractivity contribution in [1.82, 2.24) is 0 Å². The second-order valence-corrected chi connectivity index (χ2v) is 17.5. The lowest BCUT2D eigenvalue weighted by atomic mass is 10.0. The lowest BCUT2D eigenvalue weighted by Gasteiger charge is -2.28. The molecule has 306 valence electrons. The van der Waals surface area contributed by atoms with Gasteiger partial charge in [0.25, 0.3) is 7.82 Å². The maximum absolute atomic E-state index is 12.5. The molecular weight excluding hydrogens is 661 g/mol. The van der Waals surface area contributed by atoms with E-state index in [4.69, 9.17) is 18.5 Å². The monoisotopic (exact) mass is 748 g/mol. The van der Waals surface area contributed by atoms with Crippen molar-refractivity contribution in [2.24, 2.45) is 0 Å². The molecule has 0 aromatic heterocycles. The Kier molecular flexibility index (Phi) is 36.1. The van der Waals surface area contributed by atoms with E-state index in [1.54, 1.807) is 0 Å². The third-order valence-electron chi connectivity index (χ3n) is 9.70. The fraction of sp³-hybridized carbons (Fsp3) is 0.976. The second kappa shape index (κ2) is 36.5. The van der Waals surface area contributed by atoms with E-state index < -0.39 is 13.9 Å². The molecule has 9 heteroatoms. The summed E-state index contributed by atoms with van der Waals surface area (Å²) in [6, 6.07) is 0. The van der Waals surface area contributed by atoms with Crippen LogP contribution in [-0.4, -0.2) is 70.7 Å². The molecule has 8 nitrogen and oxygen atoms in total. The molecule has 0 rings (SSSR count). The third-order valence-corrected chi connectivity index (χ3v) is 10.7. The first-order valence-corrected chi connectivity index (χ1v) is 23.2. The van der Waals surface area contributed by atoms with E-state index in [2.05, 4.69) is 13.8 Å². The standard InChI is InChI=1S/C42H86NO7P/c1-6-8-10-12-14-16-18-20-21-22-24-26-28-30-32-34-37-47-41(40-50-51(45,46)49-38-36-43(3,4)5)39-48-42(44)35-33-31-29-27-25-23-19-17-15-13-11-9-7-2/h41H,6-40H2,1-5H3/t41-/m1/s1. The number of carbonyl (C=O) groups is 1. The van der Waals surface area contributed by atoms with Gasteiger partial charge in [0.1, 0.15) is 25.9 Å². The van der Waals surface area contributed by atoms with Gasteiger partial charge >= 0.3 is 5.97 Å². The highest BCUT2D eigenvalue weighted by atomic mass is 31.2. The molecule has 0 aliphatic heterocycles. The molecule has 0 aromatic carbocycles. The number of phosphoric acid groups is 1. The molecule has 2 atom stereocenters. The Morgan fingerprint density at radius 3 is 1.29 bits per heavy atom. The van der Waals surface area contributed by atoms with Crippen LogP contribution in [0.5, 0.6) is 0 Å². The average Bonchev–Trinajstić information content (AvgIpc) is 3.08. The normalized spacial score (nSPS) is 13.8. The summed E-state index contributed by atoms with van der Waals surface area (Å²) in [5.74, 6) is -0.265. The van der Waals surface area contributed by atoms with Crippen LogP contribution in [0.3, 0.4) is 0 Å². The van der Waals surface area contributed by atoms with Gasteiger partial charge in [-0.1, -0.05) is 187 Å². The van der Waals surface area contributed by atoms with Gasteiger partial charge in [-0.05, 0) is 12.8 Å². The van der Waals surface area contributed by atoms with Crippen molar-refractivity contribution in [3.8, 4) is 0 Å². The van der Waals surface area contributed by atoms with Crippen LogP contribution in [0.4, 0.5) is 0 Å². The summed E-state index contributed by atoms with van der Waals surface area (Å²) in [5, 5.41) is 0. The molecule has 0 amide bonds. The fourth-order valence-corrected chi connectivity index (χ4v) is 6.96. The van der Waals surface area contributed by atoms with Crippen molar-refractivity contribution in [2.45, 2.75) is 213 Å². The van der Waals surface area contributed by atoms with Gasteiger partial charge in [-0.2, -0.15) is 0 Å². The Balaban J connectivity index is 4.19. The molecule has 0 bridgehead atoms. The van der Waals surface area contributed by atoms with Crippen molar-refractivity contribution < 1.29 is 37.3 Å². The van der Waals surface area contributed by atoms with E-state index in [9.17, 15) is 14.3 Å². The number of rotatable bonds is 41. The maximum atomic E-state index is 12.5. The van der Waals surface area contributed by atoms with Crippen LogP contribution in [-0.2, 0) is 27.9 Å². The number of unbranched alkanes of at least 4 members (excludes halogenated alkanes) is 27. The van der Waals surface area contributed by atoms with Gasteiger partial charge in [0, 0.05) is 13.0 Å². The number of phosphoric ester groups is 1. The predicted molar refractivity (Wildman–Crippen MR) is 213 cm³/mol. The molecule has 0 spiro atoms. The summed E-state index contributed by atoms with van der Waals surface area (Å²) in [5.41, 5.74) is 0. The first kappa shape index (κ1) is 50.5. The molecule has 0 saturated carbocycles. The van der Waals surface area contributed by atoms with Crippen molar-refractivity contribution >= 4 is 13.8 Å². The number of esters is 1. The van der Waals surface area contributed by atoms with Gasteiger partial charge in [-0.3, -0.25) is 9.36 Å². The highest BCUT2D eigenvalue weighted by Crippen LogP contribution is 2.38. The number of hydrogen-bond donors (Lipinski definition) is 0. The van der Waals surface area contributed by atoms with E-state index in [0.29, 0.717) is 24.1 Å². The minimum Gasteiger partial charge on any atom is -0.756 e. The highest BCUT2D eigenvalue weighted by Gasteiger charge is 2.19. The van der Waals surface area contributed by atoms with Crippen molar-refractivity contribution in [3.63, 3.8) is 0 Å². The van der Waals surface area contributed by atoms with Crippen molar-refractivity contribution in [2.75, 3.05) is 54.1 Å². The van der Waals surface area contributed by atoms with E-state index in [1.165, 1.54) is 154 Å². The summed E-state index contributed by atoms with van der Waals surface area (Å²) in [6.45, 7) is 5.35. The van der Waals surface area contributed by atoms with Crippen LogP contribution in [0.15, 0.2) is 0 Å². The predicted octanol–water partition coefficient (Wildman–Crippen LogP) is 11.9. The molecule has 0 aliphatic rings. The summed E-state index contributed by atoms with van der Waals surface area (Å²) in [7, 11) is 1.42. The van der Waals surface area contributed by atoms with E-state index in [-0.39, 0.29) is 25.8 Å². The minimum atomic E-state index is -4.48. The summed E-state index contributed by atoms with van der Waals surface area (Å²) < 4.78 is 34.6. The van der Waals surface area contributed by atoms with Crippen LogP contribution in [0, 0.1) is 0 Å². The van der Waals surface area contributed by atoms with Gasteiger partial charge in [0.05, 0.1) is 27.7 Å². The first-order valence-electron chi connectivity index (χ1n) is 21.8. The second-order valence-electron chi connectivity index (χ2n) is 16.1. The molecule has 0 N–H and O–H groups in total. The molecule has 0 heterocycles. The Labute approximate surface area is 317 Å². The zero-order valence-corrected chi connectivity index (χ0v) is 35.5. The summed E-state index contributed by atoms with van der Waals surface area (Å²) in [6.07, 6.45) is 36.9. The number of hydrogen-bond acceptors (Lipinski definition) is 7. The number of quaternary nitrogens is 1. The van der Waals surface area contributed by atoms with E-state index >= 15 is 0 Å². The maximum Gasteiger partial charge on any atom is 0.305 e. The number of carbonyl (C=O) groups excluding carboxylic acids is 1. The Morgan fingerprint density at radius 1 is 0.529 bits per heavy atom. The molecular formula is C42H86NO7P. The Hall–Kier alpha value is -0.500. The minimum absolute atomic E-state index is 0.0188. The zero-order chi connectivity index (χ0) is 37.7. The number of likely N-dealkylation sites (N-methyl/N-ethyl adjacent to an activating group) is 1. The van der Waals surface area contributed by atoms with E-state index in [1.807, 2.05) is 21.1 Å².